The third kappa shape index (κ3) is 3.02. The number of rotatable bonds is 4. The van der Waals surface area contributed by atoms with Crippen LogP contribution in [0.1, 0.15) is 48.1 Å². The molecule has 0 radical (unpaired) electrons. The molecule has 0 aromatic heterocycles. The highest BCUT2D eigenvalue weighted by Gasteiger charge is 2.66. The van der Waals surface area contributed by atoms with Crippen LogP contribution in [0.2, 0.25) is 0 Å². The first kappa shape index (κ1) is 21.5. The monoisotopic (exact) mass is 461 g/mol. The highest BCUT2D eigenvalue weighted by Crippen LogP contribution is 2.63. The summed E-state index contributed by atoms with van der Waals surface area (Å²) in [6.45, 7) is 4.38. The van der Waals surface area contributed by atoms with E-state index in [0.717, 1.165) is 39.6 Å². The molecule has 1 unspecified atom stereocenters. The molecule has 4 aromatic rings. The highest BCUT2D eigenvalue weighted by atomic mass is 16.5. The van der Waals surface area contributed by atoms with E-state index in [1.54, 1.807) is 7.11 Å². The van der Waals surface area contributed by atoms with Gasteiger partial charge in [0.05, 0.1) is 13.2 Å². The summed E-state index contributed by atoms with van der Waals surface area (Å²) < 4.78 is 11.6. The fraction of sp³-hybridized carbons (Fsp3) is 0.194. The zero-order valence-corrected chi connectivity index (χ0v) is 20.1. The quantitative estimate of drug-likeness (QED) is 0.307. The first-order valence-electron chi connectivity index (χ1n) is 12.0. The second kappa shape index (κ2) is 8.02. The molecule has 4 heteroatoms. The Hall–Kier alpha value is -4.05. The number of carbonyl (C=O) groups is 1. The van der Waals surface area contributed by atoms with Gasteiger partial charge in [-0.25, -0.2) is 0 Å². The summed E-state index contributed by atoms with van der Waals surface area (Å²) in [7, 11) is 1.65. The Morgan fingerprint density at radius 2 is 1.37 bits per heavy atom. The average molecular weight is 462 g/mol. The molecule has 2 heterocycles. The van der Waals surface area contributed by atoms with Gasteiger partial charge in [0.1, 0.15) is 22.7 Å². The number of benzene rings is 4. The maximum absolute atomic E-state index is 14.4. The highest BCUT2D eigenvalue weighted by molar-refractivity contribution is 6.13. The van der Waals surface area contributed by atoms with Gasteiger partial charge in [-0.15, -0.1) is 0 Å². The van der Waals surface area contributed by atoms with Crippen molar-refractivity contribution in [1.82, 2.24) is 0 Å². The first-order chi connectivity index (χ1) is 17.1. The van der Waals surface area contributed by atoms with E-state index in [1.807, 2.05) is 77.7 Å². The summed E-state index contributed by atoms with van der Waals surface area (Å²) >= 11 is 0. The van der Waals surface area contributed by atoms with Gasteiger partial charge >= 0.3 is 0 Å². The minimum atomic E-state index is -0.870. The van der Waals surface area contributed by atoms with Crippen LogP contribution in [-0.4, -0.2) is 13.0 Å². The second-order valence-corrected chi connectivity index (χ2v) is 9.50. The van der Waals surface area contributed by atoms with E-state index < -0.39 is 5.41 Å². The van der Waals surface area contributed by atoms with Gasteiger partial charge in [-0.05, 0) is 53.4 Å². The van der Waals surface area contributed by atoms with E-state index in [0.29, 0.717) is 5.92 Å². The van der Waals surface area contributed by atoms with Crippen LogP contribution in [0, 0.1) is 0 Å². The van der Waals surface area contributed by atoms with Gasteiger partial charge in [0.15, 0.2) is 0 Å². The molecule has 35 heavy (non-hydrogen) atoms. The number of methoxy groups -OCH3 is 1. The fourth-order valence-corrected chi connectivity index (χ4v) is 5.57. The van der Waals surface area contributed by atoms with Crippen LogP contribution in [-0.2, 0) is 10.2 Å². The number of para-hydroxylation sites is 2. The Bertz CT molecular complexity index is 1360. The summed E-state index contributed by atoms with van der Waals surface area (Å²) in [5.74, 6) is 2.71. The van der Waals surface area contributed by atoms with E-state index in [9.17, 15) is 4.79 Å². The maximum Gasteiger partial charge on any atom is 0.245 e. The Morgan fingerprint density at radius 3 is 1.91 bits per heavy atom. The fourth-order valence-electron chi connectivity index (χ4n) is 5.57. The van der Waals surface area contributed by atoms with E-state index in [2.05, 4.69) is 38.1 Å². The topological polar surface area (TPSA) is 38.8 Å². The number of carbonyl (C=O) groups excluding carboxylic acids is 1. The molecule has 2 aliphatic rings. The Labute approximate surface area is 205 Å². The van der Waals surface area contributed by atoms with Crippen molar-refractivity contribution < 1.29 is 14.3 Å². The van der Waals surface area contributed by atoms with Gasteiger partial charge in [-0.2, -0.15) is 0 Å². The number of amides is 1. The van der Waals surface area contributed by atoms with Crippen molar-refractivity contribution in [3.8, 4) is 17.2 Å². The molecule has 0 N–H and O–H groups in total. The predicted molar refractivity (Wildman–Crippen MR) is 137 cm³/mol. The normalized spacial score (nSPS) is 17.4. The summed E-state index contributed by atoms with van der Waals surface area (Å²) in [6.07, 6.45) is 0. The lowest BCUT2D eigenvalue weighted by Crippen LogP contribution is -2.67. The SMILES string of the molecule is COc1ccc(N2C(=O)C3(c4ccccc4Oc4ccccc43)C2c2ccc(C(C)C)cc2)cc1. The van der Waals surface area contributed by atoms with Gasteiger partial charge in [-0.1, -0.05) is 74.5 Å². The Morgan fingerprint density at radius 1 is 0.800 bits per heavy atom. The van der Waals surface area contributed by atoms with Gasteiger partial charge in [0, 0.05) is 16.8 Å². The van der Waals surface area contributed by atoms with Crippen LogP contribution in [0.25, 0.3) is 0 Å². The van der Waals surface area contributed by atoms with Gasteiger partial charge in [0.25, 0.3) is 0 Å². The lowest BCUT2D eigenvalue weighted by Gasteiger charge is -2.58. The number of nitrogens with zero attached hydrogens (tertiary/aromatic N) is 1. The number of hydrogen-bond donors (Lipinski definition) is 0. The van der Waals surface area contributed by atoms with Gasteiger partial charge < -0.3 is 14.4 Å². The van der Waals surface area contributed by atoms with Crippen LogP contribution >= 0.6 is 0 Å². The standard InChI is InChI=1S/C31H27NO3/c1-20(2)21-12-14-22(15-13-21)29-31(30(33)32(29)23-16-18-24(34-3)19-17-23)25-8-4-6-10-27(25)35-28-11-7-5-9-26(28)31/h4-20,29H,1-3H3. The Balaban J connectivity index is 1.59. The van der Waals surface area contributed by atoms with Crippen molar-refractivity contribution in [2.75, 3.05) is 12.0 Å². The molecule has 6 rings (SSSR count). The molecule has 0 saturated carbocycles. The van der Waals surface area contributed by atoms with E-state index >= 15 is 0 Å². The molecule has 1 spiro atoms. The van der Waals surface area contributed by atoms with Crippen molar-refractivity contribution in [3.63, 3.8) is 0 Å². The third-order valence-electron chi connectivity index (χ3n) is 7.34. The van der Waals surface area contributed by atoms with Crippen molar-refractivity contribution in [2.24, 2.45) is 0 Å². The Kier molecular flexibility index (Phi) is 4.92. The van der Waals surface area contributed by atoms with Crippen LogP contribution in [0.4, 0.5) is 5.69 Å². The molecule has 4 nitrogen and oxygen atoms in total. The predicted octanol–water partition coefficient (Wildman–Crippen LogP) is 7.00. The number of anilines is 1. The zero-order chi connectivity index (χ0) is 24.2. The lowest BCUT2D eigenvalue weighted by molar-refractivity contribution is -0.131. The van der Waals surface area contributed by atoms with Gasteiger partial charge in [-0.3, -0.25) is 4.79 Å². The minimum Gasteiger partial charge on any atom is -0.497 e. The molecule has 0 aliphatic carbocycles. The largest absolute Gasteiger partial charge is 0.497 e. The number of fused-ring (bicyclic) bond motifs is 4. The van der Waals surface area contributed by atoms with E-state index in [-0.39, 0.29) is 11.9 Å². The number of hydrogen-bond acceptors (Lipinski definition) is 3. The minimum absolute atomic E-state index is 0.0452. The maximum atomic E-state index is 14.4. The summed E-state index contributed by atoms with van der Waals surface area (Å²) in [6, 6.07) is 32.0. The lowest BCUT2D eigenvalue weighted by atomic mass is 9.58. The van der Waals surface area contributed by atoms with Crippen molar-refractivity contribution in [1.29, 1.82) is 0 Å². The molecule has 1 atom stereocenters. The summed E-state index contributed by atoms with van der Waals surface area (Å²) in [5, 5.41) is 0. The van der Waals surface area contributed by atoms with Crippen molar-refractivity contribution >= 4 is 11.6 Å². The molecule has 2 aliphatic heterocycles. The smallest absolute Gasteiger partial charge is 0.245 e. The first-order valence-corrected chi connectivity index (χ1v) is 12.0. The zero-order valence-electron chi connectivity index (χ0n) is 20.1. The second-order valence-electron chi connectivity index (χ2n) is 9.50. The summed E-state index contributed by atoms with van der Waals surface area (Å²) in [4.78, 5) is 16.3. The molecule has 174 valence electrons. The van der Waals surface area contributed by atoms with Crippen molar-refractivity contribution in [2.45, 2.75) is 31.2 Å². The van der Waals surface area contributed by atoms with Crippen LogP contribution in [0.15, 0.2) is 97.1 Å². The molecule has 1 fully saturated rings. The number of ether oxygens (including phenoxy) is 2. The molecule has 1 saturated heterocycles. The van der Waals surface area contributed by atoms with Crippen LogP contribution < -0.4 is 14.4 Å². The molecule has 4 aromatic carbocycles. The molecule has 1 amide bonds. The van der Waals surface area contributed by atoms with Crippen molar-refractivity contribution in [3.05, 3.63) is 119 Å². The van der Waals surface area contributed by atoms with E-state index in [4.69, 9.17) is 9.47 Å². The van der Waals surface area contributed by atoms with Crippen LogP contribution in [0.5, 0.6) is 17.2 Å². The number of β-lactam (4-membered cyclic amide) rings is 1. The average Bonchev–Trinajstić information content (AvgIpc) is 2.90. The molecule has 0 bridgehead atoms. The summed E-state index contributed by atoms with van der Waals surface area (Å²) in [5.41, 5.74) is 4.16. The third-order valence-corrected chi connectivity index (χ3v) is 7.34. The molecular formula is C31H27NO3. The van der Waals surface area contributed by atoms with Crippen LogP contribution in [0.3, 0.4) is 0 Å². The molecular weight excluding hydrogens is 434 g/mol. The van der Waals surface area contributed by atoms with E-state index in [1.165, 1.54) is 5.56 Å². The van der Waals surface area contributed by atoms with Gasteiger partial charge in [0.2, 0.25) is 5.91 Å².